The number of rotatable bonds is 7. The Morgan fingerprint density at radius 1 is 1.16 bits per heavy atom. The van der Waals surface area contributed by atoms with Gasteiger partial charge in [-0.1, -0.05) is 17.3 Å². The third-order valence-corrected chi connectivity index (χ3v) is 5.01. The van der Waals surface area contributed by atoms with Crippen molar-refractivity contribution in [2.24, 2.45) is 0 Å². The molecule has 0 saturated heterocycles. The fourth-order valence-electron chi connectivity index (χ4n) is 3.55. The van der Waals surface area contributed by atoms with Gasteiger partial charge in [-0.2, -0.15) is 0 Å². The van der Waals surface area contributed by atoms with Gasteiger partial charge in [0.2, 0.25) is 0 Å². The van der Waals surface area contributed by atoms with Crippen molar-refractivity contribution in [2.75, 3.05) is 18.4 Å². The summed E-state index contributed by atoms with van der Waals surface area (Å²) in [4.78, 5) is 28.2. The number of benzene rings is 1. The predicted molar refractivity (Wildman–Crippen MR) is 118 cm³/mol. The molecule has 1 aromatic carbocycles. The predicted octanol–water partition coefficient (Wildman–Crippen LogP) is 4.16. The number of nitrogens with one attached hydrogen (secondary N) is 2. The van der Waals surface area contributed by atoms with Gasteiger partial charge in [-0.25, -0.2) is 4.98 Å². The van der Waals surface area contributed by atoms with Crippen molar-refractivity contribution in [3.05, 3.63) is 69.3 Å². The lowest BCUT2D eigenvalue weighted by molar-refractivity contribution is -0.384. The van der Waals surface area contributed by atoms with Crippen LogP contribution in [0.25, 0.3) is 22.4 Å². The second-order valence-corrected chi connectivity index (χ2v) is 7.29. The molecule has 0 aliphatic rings. The molecular weight excluding hydrogens is 414 g/mol. The molecule has 0 atom stereocenters. The van der Waals surface area contributed by atoms with E-state index in [1.165, 1.54) is 6.07 Å². The van der Waals surface area contributed by atoms with Crippen molar-refractivity contribution in [3.8, 4) is 11.3 Å². The highest BCUT2D eigenvalue weighted by atomic mass is 16.6. The molecule has 0 bridgehead atoms. The van der Waals surface area contributed by atoms with E-state index in [9.17, 15) is 14.9 Å². The zero-order chi connectivity index (χ0) is 22.8. The molecule has 4 rings (SSSR count). The van der Waals surface area contributed by atoms with Crippen LogP contribution in [0.1, 0.15) is 27.6 Å². The van der Waals surface area contributed by atoms with Gasteiger partial charge in [0.25, 0.3) is 17.3 Å². The standard InChI is InChI=1S/C22H21N5O5/c1-12-10-15(14(3)31-12)18-11-16(20-13(2)26-32-22(20)25-18)21(28)24-9-8-23-17-6-4-5-7-19(17)27(29)30/h4-7,10-11,23H,8-9H2,1-3H3,(H,24,28). The Bertz CT molecular complexity index is 1320. The highest BCUT2D eigenvalue weighted by Gasteiger charge is 2.21. The topological polar surface area (TPSA) is 136 Å². The molecule has 1 amide bonds. The second-order valence-electron chi connectivity index (χ2n) is 7.29. The molecule has 0 saturated carbocycles. The Balaban J connectivity index is 1.54. The van der Waals surface area contributed by atoms with E-state index in [0.29, 0.717) is 40.3 Å². The van der Waals surface area contributed by atoms with E-state index in [2.05, 4.69) is 20.8 Å². The van der Waals surface area contributed by atoms with Gasteiger partial charge in [0.15, 0.2) is 0 Å². The normalized spacial score (nSPS) is 11.0. The van der Waals surface area contributed by atoms with Gasteiger partial charge in [0.05, 0.1) is 27.3 Å². The third kappa shape index (κ3) is 4.02. The smallest absolute Gasteiger partial charge is 0.292 e. The SMILES string of the molecule is Cc1cc(-c2cc(C(=O)NCCNc3ccccc3[N+](=O)[O-])c3c(C)noc3n2)c(C)o1. The molecule has 0 spiro atoms. The number of nitro groups is 1. The van der Waals surface area contributed by atoms with Gasteiger partial charge in [-0.15, -0.1) is 0 Å². The van der Waals surface area contributed by atoms with E-state index < -0.39 is 4.92 Å². The average Bonchev–Trinajstić information content (AvgIpc) is 3.31. The number of para-hydroxylation sites is 2. The number of furan rings is 1. The minimum absolute atomic E-state index is 0.0230. The zero-order valence-electron chi connectivity index (χ0n) is 17.8. The number of anilines is 1. The number of hydrogen-bond acceptors (Lipinski definition) is 8. The van der Waals surface area contributed by atoms with Crippen molar-refractivity contribution < 1.29 is 18.7 Å². The van der Waals surface area contributed by atoms with Crippen LogP contribution < -0.4 is 10.6 Å². The Hall–Kier alpha value is -4.21. The molecule has 3 heterocycles. The first-order valence-electron chi connectivity index (χ1n) is 9.95. The monoisotopic (exact) mass is 435 g/mol. The van der Waals surface area contributed by atoms with Gasteiger partial charge in [-0.3, -0.25) is 14.9 Å². The number of hydrogen-bond donors (Lipinski definition) is 2. The van der Waals surface area contributed by atoms with Crippen LogP contribution in [0, 0.1) is 30.9 Å². The number of fused-ring (bicyclic) bond motifs is 1. The molecule has 164 valence electrons. The number of pyridine rings is 1. The number of carbonyl (C=O) groups excluding carboxylic acids is 1. The van der Waals surface area contributed by atoms with Gasteiger partial charge >= 0.3 is 0 Å². The second kappa shape index (κ2) is 8.50. The van der Waals surface area contributed by atoms with Crippen LogP contribution >= 0.6 is 0 Å². The van der Waals surface area contributed by atoms with Crippen LogP contribution in [0.4, 0.5) is 11.4 Å². The quantitative estimate of drug-likeness (QED) is 0.251. The van der Waals surface area contributed by atoms with Crippen LogP contribution in [0.2, 0.25) is 0 Å². The summed E-state index contributed by atoms with van der Waals surface area (Å²) in [7, 11) is 0. The first-order valence-corrected chi connectivity index (χ1v) is 9.95. The Kier molecular flexibility index (Phi) is 5.59. The number of nitrogens with zero attached hydrogens (tertiary/aromatic N) is 3. The van der Waals surface area contributed by atoms with Crippen LogP contribution in [-0.4, -0.2) is 34.1 Å². The molecule has 10 nitrogen and oxygen atoms in total. The lowest BCUT2D eigenvalue weighted by Gasteiger charge is -2.10. The summed E-state index contributed by atoms with van der Waals surface area (Å²) < 4.78 is 10.9. The summed E-state index contributed by atoms with van der Waals surface area (Å²) >= 11 is 0. The van der Waals surface area contributed by atoms with E-state index in [-0.39, 0.29) is 23.9 Å². The Labute approximate surface area is 182 Å². The van der Waals surface area contributed by atoms with Crippen LogP contribution in [0.15, 0.2) is 45.3 Å². The highest BCUT2D eigenvalue weighted by Crippen LogP contribution is 2.30. The molecule has 0 aliphatic heterocycles. The molecule has 0 unspecified atom stereocenters. The van der Waals surface area contributed by atoms with Gasteiger partial charge < -0.3 is 19.6 Å². The summed E-state index contributed by atoms with van der Waals surface area (Å²) in [5.74, 6) is 1.10. The molecule has 10 heteroatoms. The van der Waals surface area contributed by atoms with Crippen LogP contribution in [0.3, 0.4) is 0 Å². The van der Waals surface area contributed by atoms with Crippen molar-refractivity contribution in [2.45, 2.75) is 20.8 Å². The van der Waals surface area contributed by atoms with Gasteiger partial charge in [0, 0.05) is 24.7 Å². The molecule has 2 N–H and O–H groups in total. The fourth-order valence-corrected chi connectivity index (χ4v) is 3.55. The molecular formula is C22H21N5O5. The first kappa shape index (κ1) is 21.0. The van der Waals surface area contributed by atoms with E-state index in [1.54, 1.807) is 31.2 Å². The molecule has 0 aliphatic carbocycles. The fraction of sp³-hybridized carbons (Fsp3) is 0.227. The Morgan fingerprint density at radius 2 is 1.94 bits per heavy atom. The number of aromatic nitrogens is 2. The van der Waals surface area contributed by atoms with Crippen molar-refractivity contribution in [3.63, 3.8) is 0 Å². The lowest BCUT2D eigenvalue weighted by Crippen LogP contribution is -2.29. The first-order chi connectivity index (χ1) is 15.3. The minimum atomic E-state index is -0.454. The summed E-state index contributed by atoms with van der Waals surface area (Å²) in [6.45, 7) is 5.96. The largest absolute Gasteiger partial charge is 0.466 e. The lowest BCUT2D eigenvalue weighted by atomic mass is 10.1. The maximum absolute atomic E-state index is 13.0. The molecule has 32 heavy (non-hydrogen) atoms. The maximum atomic E-state index is 13.0. The molecule has 3 aromatic heterocycles. The van der Waals surface area contributed by atoms with Gasteiger partial charge in [0.1, 0.15) is 17.2 Å². The van der Waals surface area contributed by atoms with E-state index in [1.807, 2.05) is 19.9 Å². The molecule has 4 aromatic rings. The number of aryl methyl sites for hydroxylation is 3. The third-order valence-electron chi connectivity index (χ3n) is 5.01. The average molecular weight is 435 g/mol. The Morgan fingerprint density at radius 3 is 2.66 bits per heavy atom. The number of nitro benzene ring substituents is 1. The molecule has 0 fully saturated rings. The van der Waals surface area contributed by atoms with Crippen molar-refractivity contribution in [1.82, 2.24) is 15.5 Å². The maximum Gasteiger partial charge on any atom is 0.292 e. The number of amides is 1. The molecule has 0 radical (unpaired) electrons. The van der Waals surface area contributed by atoms with E-state index in [0.717, 1.165) is 11.3 Å². The number of carbonyl (C=O) groups is 1. The summed E-state index contributed by atoms with van der Waals surface area (Å²) in [5, 5.41) is 21.4. The zero-order valence-corrected chi connectivity index (χ0v) is 17.8. The van der Waals surface area contributed by atoms with Crippen molar-refractivity contribution >= 4 is 28.4 Å². The van der Waals surface area contributed by atoms with Crippen LogP contribution in [0.5, 0.6) is 0 Å². The highest BCUT2D eigenvalue weighted by molar-refractivity contribution is 6.07. The van der Waals surface area contributed by atoms with E-state index in [4.69, 9.17) is 8.94 Å². The summed E-state index contributed by atoms with van der Waals surface area (Å²) in [5.41, 5.74) is 2.89. The van der Waals surface area contributed by atoms with E-state index >= 15 is 0 Å². The van der Waals surface area contributed by atoms with Gasteiger partial charge in [-0.05, 0) is 39.0 Å². The minimum Gasteiger partial charge on any atom is -0.466 e. The van der Waals surface area contributed by atoms with Crippen LogP contribution in [-0.2, 0) is 0 Å². The summed E-state index contributed by atoms with van der Waals surface area (Å²) in [6, 6.07) is 9.89. The summed E-state index contributed by atoms with van der Waals surface area (Å²) in [6.07, 6.45) is 0. The van der Waals surface area contributed by atoms with Crippen molar-refractivity contribution in [1.29, 1.82) is 0 Å².